The maximum absolute atomic E-state index is 12.2. The van der Waals surface area contributed by atoms with Gasteiger partial charge < -0.3 is 15.0 Å². The van der Waals surface area contributed by atoms with Gasteiger partial charge in [0.25, 0.3) is 5.91 Å². The highest BCUT2D eigenvalue weighted by atomic mass is 16.5. The number of ether oxygens (including phenoxy) is 1. The van der Waals surface area contributed by atoms with E-state index in [2.05, 4.69) is 10.3 Å². The van der Waals surface area contributed by atoms with Crippen molar-refractivity contribution in [3.05, 3.63) is 69.1 Å². The van der Waals surface area contributed by atoms with Crippen molar-refractivity contribution in [3.63, 3.8) is 0 Å². The number of amides is 1. The van der Waals surface area contributed by atoms with E-state index in [1.807, 2.05) is 24.3 Å². The van der Waals surface area contributed by atoms with Crippen LogP contribution in [0.15, 0.2) is 41.3 Å². The van der Waals surface area contributed by atoms with Crippen LogP contribution in [0.2, 0.25) is 0 Å². The molecule has 2 aromatic rings. The normalized spacial score (nSPS) is 14.6. The minimum Gasteiger partial charge on any atom is -0.374 e. The first-order valence-corrected chi connectivity index (χ1v) is 8.79. The molecular weight excluding hydrogens is 316 g/mol. The molecule has 1 saturated carbocycles. The number of carbonyl (C=O) groups excluding carboxylic acids is 1. The lowest BCUT2D eigenvalue weighted by molar-refractivity contribution is 0.0456. The van der Waals surface area contributed by atoms with Gasteiger partial charge in [-0.1, -0.05) is 37.1 Å². The Morgan fingerprint density at radius 1 is 1.24 bits per heavy atom. The van der Waals surface area contributed by atoms with Crippen molar-refractivity contribution in [1.82, 2.24) is 10.3 Å². The van der Waals surface area contributed by atoms with Crippen molar-refractivity contribution in [3.8, 4) is 0 Å². The Morgan fingerprint density at radius 2 is 2.00 bits per heavy atom. The average molecular weight is 340 g/mol. The van der Waals surface area contributed by atoms with Crippen LogP contribution in [0.3, 0.4) is 0 Å². The zero-order valence-electron chi connectivity index (χ0n) is 14.5. The summed E-state index contributed by atoms with van der Waals surface area (Å²) in [4.78, 5) is 26.9. The standard InChI is InChI=1S/C20H24N2O3/c1-14-9-19(23)18(12-21-14)20(24)22-11-15-5-4-6-16(10-15)13-25-17-7-2-3-8-17/h4-6,9-10,12,17H,2-3,7-8,11,13H2,1H3,(H,21,23)(H,22,24). The second-order valence-corrected chi connectivity index (χ2v) is 6.61. The molecule has 0 spiro atoms. The first kappa shape index (κ1) is 17.4. The van der Waals surface area contributed by atoms with Crippen LogP contribution in [-0.4, -0.2) is 17.0 Å². The van der Waals surface area contributed by atoms with Crippen LogP contribution in [0.5, 0.6) is 0 Å². The summed E-state index contributed by atoms with van der Waals surface area (Å²) in [5, 5.41) is 2.80. The molecule has 0 saturated heterocycles. The van der Waals surface area contributed by atoms with Crippen molar-refractivity contribution in [2.24, 2.45) is 0 Å². The van der Waals surface area contributed by atoms with Crippen molar-refractivity contribution < 1.29 is 9.53 Å². The van der Waals surface area contributed by atoms with Crippen LogP contribution in [0.1, 0.15) is 52.9 Å². The molecule has 1 aliphatic carbocycles. The molecule has 1 heterocycles. The van der Waals surface area contributed by atoms with Gasteiger partial charge in [-0.25, -0.2) is 0 Å². The van der Waals surface area contributed by atoms with Crippen molar-refractivity contribution in [2.45, 2.75) is 51.9 Å². The summed E-state index contributed by atoms with van der Waals surface area (Å²) in [5.41, 5.74) is 2.69. The number of nitrogens with one attached hydrogen (secondary N) is 2. The summed E-state index contributed by atoms with van der Waals surface area (Å²) in [6.07, 6.45) is 6.67. The van der Waals surface area contributed by atoms with Crippen molar-refractivity contribution in [1.29, 1.82) is 0 Å². The minimum absolute atomic E-state index is 0.131. The Labute approximate surface area is 147 Å². The Kier molecular flexibility index (Phi) is 5.66. The second-order valence-electron chi connectivity index (χ2n) is 6.61. The third-order valence-corrected chi connectivity index (χ3v) is 4.53. The van der Waals surface area contributed by atoms with Gasteiger partial charge in [0.15, 0.2) is 5.43 Å². The van der Waals surface area contributed by atoms with Crippen LogP contribution >= 0.6 is 0 Å². The summed E-state index contributed by atoms with van der Waals surface area (Å²) >= 11 is 0. The van der Waals surface area contributed by atoms with E-state index in [0.29, 0.717) is 19.3 Å². The molecule has 0 aliphatic heterocycles. The van der Waals surface area contributed by atoms with Crippen LogP contribution in [0.4, 0.5) is 0 Å². The van der Waals surface area contributed by atoms with Gasteiger partial charge >= 0.3 is 0 Å². The number of aromatic amines is 1. The lowest BCUT2D eigenvalue weighted by Gasteiger charge is -2.12. The van der Waals surface area contributed by atoms with E-state index in [9.17, 15) is 9.59 Å². The zero-order valence-corrected chi connectivity index (χ0v) is 14.5. The number of carbonyl (C=O) groups is 1. The van der Waals surface area contributed by atoms with Crippen LogP contribution in [-0.2, 0) is 17.9 Å². The lowest BCUT2D eigenvalue weighted by Crippen LogP contribution is -2.28. The first-order valence-electron chi connectivity index (χ1n) is 8.79. The Morgan fingerprint density at radius 3 is 2.76 bits per heavy atom. The van der Waals surface area contributed by atoms with Crippen molar-refractivity contribution >= 4 is 5.91 Å². The molecule has 1 fully saturated rings. The number of pyridine rings is 1. The van der Waals surface area contributed by atoms with Gasteiger partial charge in [-0.15, -0.1) is 0 Å². The third-order valence-electron chi connectivity index (χ3n) is 4.53. The molecule has 1 aliphatic rings. The fourth-order valence-electron chi connectivity index (χ4n) is 3.13. The molecule has 1 aromatic heterocycles. The monoisotopic (exact) mass is 340 g/mol. The number of H-pyrrole nitrogens is 1. The quantitative estimate of drug-likeness (QED) is 0.849. The molecule has 25 heavy (non-hydrogen) atoms. The molecule has 0 radical (unpaired) electrons. The summed E-state index contributed by atoms with van der Waals surface area (Å²) in [5.74, 6) is -0.367. The maximum atomic E-state index is 12.2. The van der Waals surface area contributed by atoms with Gasteiger partial charge in [0.05, 0.1) is 12.7 Å². The summed E-state index contributed by atoms with van der Waals surface area (Å²) in [6.45, 7) is 2.76. The largest absolute Gasteiger partial charge is 0.374 e. The number of hydrogen-bond donors (Lipinski definition) is 2. The molecule has 0 bridgehead atoms. The smallest absolute Gasteiger partial charge is 0.257 e. The van der Waals surface area contributed by atoms with Gasteiger partial charge in [-0.3, -0.25) is 9.59 Å². The molecule has 0 unspecified atom stereocenters. The van der Waals surface area contributed by atoms with Crippen LogP contribution in [0.25, 0.3) is 0 Å². The summed E-state index contributed by atoms with van der Waals surface area (Å²) < 4.78 is 5.93. The third kappa shape index (κ3) is 4.79. The maximum Gasteiger partial charge on any atom is 0.257 e. The average Bonchev–Trinajstić information content (AvgIpc) is 3.12. The van der Waals surface area contributed by atoms with Crippen LogP contribution < -0.4 is 10.7 Å². The molecule has 132 valence electrons. The van der Waals surface area contributed by atoms with E-state index in [-0.39, 0.29) is 16.9 Å². The van der Waals surface area contributed by atoms with E-state index in [1.165, 1.54) is 25.1 Å². The number of aryl methyl sites for hydroxylation is 1. The number of benzene rings is 1. The van der Waals surface area contributed by atoms with Gasteiger partial charge in [-0.05, 0) is 30.9 Å². The fraction of sp³-hybridized carbons (Fsp3) is 0.400. The Bertz CT molecular complexity index is 792. The van der Waals surface area contributed by atoms with E-state index in [4.69, 9.17) is 4.74 Å². The van der Waals surface area contributed by atoms with E-state index in [0.717, 1.165) is 29.7 Å². The van der Waals surface area contributed by atoms with Gasteiger partial charge in [0, 0.05) is 24.5 Å². The van der Waals surface area contributed by atoms with Gasteiger partial charge in [-0.2, -0.15) is 0 Å². The summed E-state index contributed by atoms with van der Waals surface area (Å²) in [7, 11) is 0. The zero-order chi connectivity index (χ0) is 17.6. The predicted octanol–water partition coefficient (Wildman–Crippen LogP) is 3.07. The summed E-state index contributed by atoms with van der Waals surface area (Å²) in [6, 6.07) is 9.42. The number of aromatic nitrogens is 1. The van der Waals surface area contributed by atoms with E-state index in [1.54, 1.807) is 6.92 Å². The molecule has 3 rings (SSSR count). The molecular formula is C20H24N2O3. The molecule has 5 nitrogen and oxygen atoms in total. The van der Waals surface area contributed by atoms with E-state index >= 15 is 0 Å². The number of hydrogen-bond acceptors (Lipinski definition) is 3. The Balaban J connectivity index is 1.56. The van der Waals surface area contributed by atoms with Gasteiger partial charge in [0.2, 0.25) is 0 Å². The topological polar surface area (TPSA) is 71.2 Å². The van der Waals surface area contributed by atoms with Gasteiger partial charge in [0.1, 0.15) is 5.56 Å². The molecule has 5 heteroatoms. The molecule has 1 aromatic carbocycles. The SMILES string of the molecule is Cc1cc(=O)c(C(=O)NCc2cccc(COC3CCCC3)c2)c[nH]1. The van der Waals surface area contributed by atoms with Crippen LogP contribution in [0, 0.1) is 6.92 Å². The minimum atomic E-state index is -0.367. The predicted molar refractivity (Wildman–Crippen MR) is 96.5 cm³/mol. The second kappa shape index (κ2) is 8.12. The highest BCUT2D eigenvalue weighted by molar-refractivity contribution is 5.93. The highest BCUT2D eigenvalue weighted by Crippen LogP contribution is 2.22. The molecule has 1 amide bonds. The number of rotatable bonds is 6. The first-order chi connectivity index (χ1) is 12.1. The van der Waals surface area contributed by atoms with E-state index < -0.39 is 0 Å². The Hall–Kier alpha value is -2.40. The van der Waals surface area contributed by atoms with Crippen molar-refractivity contribution in [2.75, 3.05) is 0 Å². The fourth-order valence-corrected chi connectivity index (χ4v) is 3.13. The lowest BCUT2D eigenvalue weighted by atomic mass is 10.1. The highest BCUT2D eigenvalue weighted by Gasteiger charge is 2.15. The molecule has 2 N–H and O–H groups in total. The molecule has 0 atom stereocenters.